The van der Waals surface area contributed by atoms with Crippen molar-refractivity contribution in [1.29, 1.82) is 0 Å². The zero-order valence-electron chi connectivity index (χ0n) is 14.1. The van der Waals surface area contributed by atoms with Gasteiger partial charge in [0.2, 0.25) is 5.91 Å². The second-order valence-corrected chi connectivity index (χ2v) is 6.91. The van der Waals surface area contributed by atoms with Crippen molar-refractivity contribution < 1.29 is 13.6 Å². The Morgan fingerprint density at radius 3 is 2.50 bits per heavy atom. The predicted octanol–water partition coefficient (Wildman–Crippen LogP) is 3.88. The van der Waals surface area contributed by atoms with Crippen LogP contribution in [0.2, 0.25) is 0 Å². The molecular formula is C18H16F2N4OS. The van der Waals surface area contributed by atoms with E-state index in [4.69, 9.17) is 0 Å². The summed E-state index contributed by atoms with van der Waals surface area (Å²) in [6, 6.07) is 11.8. The Hall–Kier alpha value is -2.74. The molecule has 0 aliphatic rings. The molecule has 0 saturated heterocycles. The highest BCUT2D eigenvalue weighted by atomic mass is 32.2. The van der Waals surface area contributed by atoms with Gasteiger partial charge in [0.15, 0.2) is 11.0 Å². The van der Waals surface area contributed by atoms with E-state index in [1.807, 2.05) is 0 Å². The molecule has 0 saturated carbocycles. The standard InChI is InChI=1S/C18H16F2N4OS/c1-11(17(25)21-13-9-7-12(19)8-10-13)26-18-23-22-16(24(18)2)14-5-3-4-6-15(14)20/h3-11H,1-2H3,(H,21,25)/t11-/m0/s1. The molecule has 1 aromatic heterocycles. The van der Waals surface area contributed by atoms with Crippen LogP contribution in [-0.2, 0) is 11.8 Å². The van der Waals surface area contributed by atoms with Gasteiger partial charge in [-0.15, -0.1) is 10.2 Å². The first kappa shape index (κ1) is 18.1. The third-order valence-corrected chi connectivity index (χ3v) is 4.85. The summed E-state index contributed by atoms with van der Waals surface area (Å²) in [5.41, 5.74) is 0.853. The summed E-state index contributed by atoms with van der Waals surface area (Å²) in [7, 11) is 1.72. The molecule has 1 atom stereocenters. The zero-order valence-corrected chi connectivity index (χ0v) is 14.9. The van der Waals surface area contributed by atoms with Gasteiger partial charge in [0.25, 0.3) is 0 Å². The van der Waals surface area contributed by atoms with E-state index >= 15 is 0 Å². The lowest BCUT2D eigenvalue weighted by molar-refractivity contribution is -0.115. The topological polar surface area (TPSA) is 59.8 Å². The lowest BCUT2D eigenvalue weighted by Crippen LogP contribution is -2.22. The zero-order chi connectivity index (χ0) is 18.7. The van der Waals surface area contributed by atoms with Gasteiger partial charge < -0.3 is 9.88 Å². The van der Waals surface area contributed by atoms with Crippen LogP contribution >= 0.6 is 11.8 Å². The molecule has 0 aliphatic heterocycles. The van der Waals surface area contributed by atoms with Crippen LogP contribution in [0.25, 0.3) is 11.4 Å². The molecule has 3 rings (SSSR count). The molecule has 0 radical (unpaired) electrons. The summed E-state index contributed by atoms with van der Waals surface area (Å²) >= 11 is 1.20. The van der Waals surface area contributed by atoms with Crippen LogP contribution in [-0.4, -0.2) is 25.9 Å². The maximum absolute atomic E-state index is 13.9. The first-order chi connectivity index (χ1) is 12.5. The fourth-order valence-electron chi connectivity index (χ4n) is 2.28. The van der Waals surface area contributed by atoms with Crippen LogP contribution < -0.4 is 5.32 Å². The quantitative estimate of drug-likeness (QED) is 0.689. The molecule has 0 unspecified atom stereocenters. The summed E-state index contributed by atoms with van der Waals surface area (Å²) in [6.45, 7) is 1.72. The molecule has 134 valence electrons. The number of thioether (sulfide) groups is 1. The third-order valence-electron chi connectivity index (χ3n) is 3.71. The Balaban J connectivity index is 1.71. The Morgan fingerprint density at radius 1 is 1.12 bits per heavy atom. The number of rotatable bonds is 5. The van der Waals surface area contributed by atoms with Crippen molar-refractivity contribution in [3.63, 3.8) is 0 Å². The van der Waals surface area contributed by atoms with E-state index < -0.39 is 5.25 Å². The third kappa shape index (κ3) is 3.91. The molecule has 0 fully saturated rings. The largest absolute Gasteiger partial charge is 0.325 e. The fraction of sp³-hybridized carbons (Fsp3) is 0.167. The lowest BCUT2D eigenvalue weighted by Gasteiger charge is -2.11. The van der Waals surface area contributed by atoms with Crippen LogP contribution in [0.5, 0.6) is 0 Å². The summed E-state index contributed by atoms with van der Waals surface area (Å²) < 4.78 is 28.5. The number of hydrogen-bond acceptors (Lipinski definition) is 4. The average molecular weight is 374 g/mol. The van der Waals surface area contributed by atoms with E-state index in [1.165, 1.54) is 42.1 Å². The number of carbonyl (C=O) groups excluding carboxylic acids is 1. The van der Waals surface area contributed by atoms with E-state index in [-0.39, 0.29) is 17.5 Å². The molecule has 8 heteroatoms. The molecular weight excluding hydrogens is 358 g/mol. The van der Waals surface area contributed by atoms with Crippen molar-refractivity contribution >= 4 is 23.4 Å². The molecule has 0 spiro atoms. The summed E-state index contributed by atoms with van der Waals surface area (Å²) in [5.74, 6) is -0.624. The maximum Gasteiger partial charge on any atom is 0.237 e. The Labute approximate surface area is 153 Å². The van der Waals surface area contributed by atoms with E-state index in [0.717, 1.165) is 0 Å². The summed E-state index contributed by atoms with van der Waals surface area (Å²) in [6.07, 6.45) is 0. The van der Waals surface area contributed by atoms with Crippen LogP contribution in [0.15, 0.2) is 53.7 Å². The van der Waals surface area contributed by atoms with Crippen molar-refractivity contribution in [2.24, 2.45) is 7.05 Å². The van der Waals surface area contributed by atoms with Gasteiger partial charge in [-0.25, -0.2) is 8.78 Å². The maximum atomic E-state index is 13.9. The lowest BCUT2D eigenvalue weighted by atomic mass is 10.2. The highest BCUT2D eigenvalue weighted by Gasteiger charge is 2.20. The van der Waals surface area contributed by atoms with E-state index in [9.17, 15) is 13.6 Å². The molecule has 0 bridgehead atoms. The van der Waals surface area contributed by atoms with Gasteiger partial charge in [-0.1, -0.05) is 23.9 Å². The van der Waals surface area contributed by atoms with Gasteiger partial charge in [-0.05, 0) is 43.3 Å². The van der Waals surface area contributed by atoms with E-state index in [1.54, 1.807) is 36.7 Å². The minimum Gasteiger partial charge on any atom is -0.325 e. The van der Waals surface area contributed by atoms with E-state index in [2.05, 4.69) is 15.5 Å². The Bertz CT molecular complexity index is 927. The number of aromatic nitrogens is 3. The number of benzene rings is 2. The van der Waals surface area contributed by atoms with Crippen LogP contribution in [0.3, 0.4) is 0 Å². The number of halogens is 2. The molecule has 0 aliphatic carbocycles. The minimum absolute atomic E-state index is 0.253. The molecule has 2 aromatic carbocycles. The van der Waals surface area contributed by atoms with Crippen molar-refractivity contribution in [3.05, 3.63) is 60.2 Å². The van der Waals surface area contributed by atoms with Crippen molar-refractivity contribution in [2.45, 2.75) is 17.3 Å². The first-order valence-electron chi connectivity index (χ1n) is 7.83. The minimum atomic E-state index is -0.476. The van der Waals surface area contributed by atoms with Crippen LogP contribution in [0.1, 0.15) is 6.92 Å². The number of nitrogens with zero attached hydrogens (tertiary/aromatic N) is 3. The SMILES string of the molecule is C[C@H](Sc1nnc(-c2ccccc2F)n1C)C(=O)Nc1ccc(F)cc1. The van der Waals surface area contributed by atoms with Gasteiger partial charge in [0.05, 0.1) is 10.8 Å². The number of nitrogens with one attached hydrogen (secondary N) is 1. The van der Waals surface area contributed by atoms with Crippen LogP contribution in [0, 0.1) is 11.6 Å². The Morgan fingerprint density at radius 2 is 1.81 bits per heavy atom. The Kier molecular flexibility index (Phi) is 5.32. The highest BCUT2D eigenvalue weighted by Crippen LogP contribution is 2.27. The van der Waals surface area contributed by atoms with Gasteiger partial charge in [-0.3, -0.25) is 4.79 Å². The second-order valence-electron chi connectivity index (χ2n) is 5.60. The molecule has 1 N–H and O–H groups in total. The van der Waals surface area contributed by atoms with Gasteiger partial charge >= 0.3 is 0 Å². The van der Waals surface area contributed by atoms with Crippen molar-refractivity contribution in [3.8, 4) is 11.4 Å². The predicted molar refractivity (Wildman–Crippen MR) is 96.7 cm³/mol. The average Bonchev–Trinajstić information content (AvgIpc) is 2.98. The highest BCUT2D eigenvalue weighted by molar-refractivity contribution is 8.00. The normalized spacial score (nSPS) is 12.0. The molecule has 3 aromatic rings. The second kappa shape index (κ2) is 7.65. The van der Waals surface area contributed by atoms with Crippen molar-refractivity contribution in [2.75, 3.05) is 5.32 Å². The summed E-state index contributed by atoms with van der Waals surface area (Å²) in [5, 5.41) is 10.8. The number of carbonyl (C=O) groups is 1. The number of amides is 1. The number of anilines is 1. The van der Waals surface area contributed by atoms with Crippen LogP contribution in [0.4, 0.5) is 14.5 Å². The smallest absolute Gasteiger partial charge is 0.237 e. The van der Waals surface area contributed by atoms with Gasteiger partial charge in [0.1, 0.15) is 11.6 Å². The summed E-state index contributed by atoms with van der Waals surface area (Å²) in [4.78, 5) is 12.3. The monoisotopic (exact) mass is 374 g/mol. The molecule has 5 nitrogen and oxygen atoms in total. The molecule has 26 heavy (non-hydrogen) atoms. The van der Waals surface area contributed by atoms with Gasteiger partial charge in [0, 0.05) is 12.7 Å². The molecule has 1 heterocycles. The first-order valence-corrected chi connectivity index (χ1v) is 8.71. The number of hydrogen-bond donors (Lipinski definition) is 1. The molecule has 1 amide bonds. The van der Waals surface area contributed by atoms with Crippen molar-refractivity contribution in [1.82, 2.24) is 14.8 Å². The van der Waals surface area contributed by atoms with Gasteiger partial charge in [-0.2, -0.15) is 0 Å². The van der Waals surface area contributed by atoms with E-state index in [0.29, 0.717) is 22.2 Å². The fourth-order valence-corrected chi connectivity index (χ4v) is 3.10.